The smallest absolute Gasteiger partial charge is 0.0395 e. The lowest BCUT2D eigenvalue weighted by Crippen LogP contribution is -2.50. The van der Waals surface area contributed by atoms with Crippen LogP contribution in [0, 0.1) is 0 Å². The van der Waals surface area contributed by atoms with Crippen molar-refractivity contribution in [2.75, 3.05) is 5.75 Å². The fraction of sp³-hybridized carbons (Fsp3) is 0.625. The molecule has 0 bridgehead atoms. The van der Waals surface area contributed by atoms with Gasteiger partial charge in [-0.1, -0.05) is 18.2 Å². The summed E-state index contributed by atoms with van der Waals surface area (Å²) in [5, 5.41) is 0. The highest BCUT2D eigenvalue weighted by atomic mass is 32.2. The Bertz CT molecular complexity index is 452. The Hall–Kier alpha value is -0.510. The van der Waals surface area contributed by atoms with E-state index in [1.807, 2.05) is 0 Å². The molecular weight excluding hydrogens is 252 g/mol. The predicted octanol–water partition coefficient (Wildman–Crippen LogP) is 2.84. The highest BCUT2D eigenvalue weighted by Gasteiger charge is 2.37. The maximum absolute atomic E-state index is 5.84. The maximum Gasteiger partial charge on any atom is 0.0395 e. The lowest BCUT2D eigenvalue weighted by Gasteiger charge is -2.33. The van der Waals surface area contributed by atoms with Gasteiger partial charge in [0.05, 0.1) is 0 Å². The van der Waals surface area contributed by atoms with Gasteiger partial charge < -0.3 is 0 Å². The first-order chi connectivity index (χ1) is 9.21. The fourth-order valence-corrected chi connectivity index (χ4v) is 4.91. The van der Waals surface area contributed by atoms with Gasteiger partial charge in [-0.15, -0.1) is 0 Å². The van der Waals surface area contributed by atoms with Gasteiger partial charge in [0.2, 0.25) is 0 Å². The van der Waals surface area contributed by atoms with Gasteiger partial charge in [0.15, 0.2) is 0 Å². The molecule has 19 heavy (non-hydrogen) atoms. The third-order valence-electron chi connectivity index (χ3n) is 4.79. The van der Waals surface area contributed by atoms with Crippen molar-refractivity contribution in [3.63, 3.8) is 0 Å². The third-order valence-corrected chi connectivity index (χ3v) is 6.43. The van der Waals surface area contributed by atoms with E-state index >= 15 is 0 Å². The third kappa shape index (κ3) is 2.69. The standard InChI is InChI=1S/C16H24N2S/c1-16(8-3-9-19-16)15(18-17)11-12-6-7-13-4-2-5-14(13)10-12/h6-7,10,15,18H,2-5,8-9,11,17H2,1H3. The van der Waals surface area contributed by atoms with Crippen molar-refractivity contribution in [1.82, 2.24) is 5.43 Å². The van der Waals surface area contributed by atoms with Crippen LogP contribution in [-0.4, -0.2) is 16.5 Å². The Labute approximate surface area is 120 Å². The predicted molar refractivity (Wildman–Crippen MR) is 83.4 cm³/mol. The zero-order chi connectivity index (χ0) is 13.3. The SMILES string of the molecule is CC1(C(Cc2ccc3c(c2)CCC3)NN)CCCS1. The van der Waals surface area contributed by atoms with E-state index in [0.717, 1.165) is 6.42 Å². The summed E-state index contributed by atoms with van der Waals surface area (Å²) in [5.74, 6) is 7.11. The van der Waals surface area contributed by atoms with Gasteiger partial charge in [0.1, 0.15) is 0 Å². The van der Waals surface area contributed by atoms with Crippen LogP contribution in [0.1, 0.15) is 42.9 Å². The highest BCUT2D eigenvalue weighted by Crippen LogP contribution is 2.41. The lowest BCUT2D eigenvalue weighted by molar-refractivity contribution is 0.405. The zero-order valence-electron chi connectivity index (χ0n) is 11.7. The van der Waals surface area contributed by atoms with Crippen LogP contribution in [0.25, 0.3) is 0 Å². The molecule has 1 aliphatic carbocycles. The lowest BCUT2D eigenvalue weighted by atomic mass is 9.90. The second-order valence-corrected chi connectivity index (χ2v) is 7.77. The van der Waals surface area contributed by atoms with Crippen molar-refractivity contribution in [2.24, 2.45) is 5.84 Å². The number of aryl methyl sites for hydroxylation is 2. The number of fused-ring (bicyclic) bond motifs is 1. The molecule has 2 nitrogen and oxygen atoms in total. The molecule has 3 rings (SSSR count). The van der Waals surface area contributed by atoms with Gasteiger partial charge in [-0.3, -0.25) is 11.3 Å². The Balaban J connectivity index is 1.75. The molecular formula is C16H24N2S. The molecule has 1 aromatic rings. The number of thioether (sulfide) groups is 1. The van der Waals surface area contributed by atoms with E-state index in [1.54, 1.807) is 11.1 Å². The molecule has 3 heteroatoms. The summed E-state index contributed by atoms with van der Waals surface area (Å²) in [4.78, 5) is 0. The first kappa shape index (κ1) is 13.5. The van der Waals surface area contributed by atoms with Crippen molar-refractivity contribution in [1.29, 1.82) is 0 Å². The number of hydrazine groups is 1. The van der Waals surface area contributed by atoms with Crippen molar-refractivity contribution >= 4 is 11.8 Å². The maximum atomic E-state index is 5.84. The molecule has 1 aromatic carbocycles. The van der Waals surface area contributed by atoms with E-state index in [4.69, 9.17) is 5.84 Å². The summed E-state index contributed by atoms with van der Waals surface area (Å²) >= 11 is 2.08. The Morgan fingerprint density at radius 1 is 1.32 bits per heavy atom. The average Bonchev–Trinajstić information content (AvgIpc) is 3.04. The monoisotopic (exact) mass is 276 g/mol. The van der Waals surface area contributed by atoms with Crippen LogP contribution in [-0.2, 0) is 19.3 Å². The summed E-state index contributed by atoms with van der Waals surface area (Å²) < 4.78 is 0.299. The van der Waals surface area contributed by atoms with Gasteiger partial charge in [0.25, 0.3) is 0 Å². The summed E-state index contributed by atoms with van der Waals surface area (Å²) in [6.45, 7) is 2.36. The quantitative estimate of drug-likeness (QED) is 0.656. The van der Waals surface area contributed by atoms with E-state index < -0.39 is 0 Å². The number of rotatable bonds is 4. The van der Waals surface area contributed by atoms with Crippen LogP contribution < -0.4 is 11.3 Å². The summed E-state index contributed by atoms with van der Waals surface area (Å²) in [5.41, 5.74) is 7.65. The Morgan fingerprint density at radius 3 is 2.89 bits per heavy atom. The van der Waals surface area contributed by atoms with E-state index in [1.165, 1.54) is 43.4 Å². The minimum Gasteiger partial charge on any atom is -0.271 e. The molecule has 104 valence electrons. The number of hydrogen-bond acceptors (Lipinski definition) is 3. The largest absolute Gasteiger partial charge is 0.271 e. The number of benzene rings is 1. The first-order valence-electron chi connectivity index (χ1n) is 7.42. The van der Waals surface area contributed by atoms with Crippen LogP contribution in [0.3, 0.4) is 0 Å². The fourth-order valence-electron chi connectivity index (χ4n) is 3.51. The topological polar surface area (TPSA) is 38.0 Å². The normalized spacial score (nSPS) is 27.5. The summed E-state index contributed by atoms with van der Waals surface area (Å²) in [6, 6.07) is 7.42. The molecule has 0 radical (unpaired) electrons. The van der Waals surface area contributed by atoms with Crippen LogP contribution in [0.5, 0.6) is 0 Å². The van der Waals surface area contributed by atoms with E-state index in [2.05, 4.69) is 42.3 Å². The van der Waals surface area contributed by atoms with Crippen LogP contribution in [0.15, 0.2) is 18.2 Å². The molecule has 2 atom stereocenters. The first-order valence-corrected chi connectivity index (χ1v) is 8.40. The van der Waals surface area contributed by atoms with Crippen LogP contribution >= 0.6 is 11.8 Å². The molecule has 0 aromatic heterocycles. The summed E-state index contributed by atoms with van der Waals surface area (Å²) in [7, 11) is 0. The molecule has 1 heterocycles. The van der Waals surface area contributed by atoms with E-state index in [-0.39, 0.29) is 0 Å². The van der Waals surface area contributed by atoms with Crippen molar-refractivity contribution < 1.29 is 0 Å². The second-order valence-electron chi connectivity index (χ2n) is 6.14. The molecule has 1 saturated heterocycles. The molecule has 0 spiro atoms. The Morgan fingerprint density at radius 2 is 2.16 bits per heavy atom. The summed E-state index contributed by atoms with van der Waals surface area (Å²) in [6.07, 6.45) is 7.50. The Kier molecular flexibility index (Phi) is 3.88. The molecule has 0 amide bonds. The minimum absolute atomic E-state index is 0.299. The molecule has 1 fully saturated rings. The van der Waals surface area contributed by atoms with E-state index in [0.29, 0.717) is 10.8 Å². The molecule has 3 N–H and O–H groups in total. The van der Waals surface area contributed by atoms with E-state index in [9.17, 15) is 0 Å². The number of nitrogens with one attached hydrogen (secondary N) is 1. The van der Waals surface area contributed by atoms with Gasteiger partial charge in [-0.25, -0.2) is 0 Å². The molecule has 1 aliphatic heterocycles. The molecule has 0 saturated carbocycles. The van der Waals surface area contributed by atoms with Crippen molar-refractivity contribution in [3.8, 4) is 0 Å². The molecule has 2 unspecified atom stereocenters. The van der Waals surface area contributed by atoms with Crippen LogP contribution in [0.2, 0.25) is 0 Å². The minimum atomic E-state index is 0.299. The average molecular weight is 276 g/mol. The van der Waals surface area contributed by atoms with Gasteiger partial charge in [0, 0.05) is 10.8 Å². The van der Waals surface area contributed by atoms with Gasteiger partial charge >= 0.3 is 0 Å². The van der Waals surface area contributed by atoms with Crippen molar-refractivity contribution in [2.45, 2.75) is 56.2 Å². The van der Waals surface area contributed by atoms with Gasteiger partial charge in [-0.05, 0) is 67.9 Å². The van der Waals surface area contributed by atoms with Crippen molar-refractivity contribution in [3.05, 3.63) is 34.9 Å². The second kappa shape index (κ2) is 5.47. The number of hydrogen-bond donors (Lipinski definition) is 2. The zero-order valence-corrected chi connectivity index (χ0v) is 12.6. The van der Waals surface area contributed by atoms with Gasteiger partial charge in [-0.2, -0.15) is 11.8 Å². The number of nitrogens with two attached hydrogens (primary N) is 1. The van der Waals surface area contributed by atoms with Crippen LogP contribution in [0.4, 0.5) is 0 Å². The highest BCUT2D eigenvalue weighted by molar-refractivity contribution is 8.00. The molecule has 2 aliphatic rings.